The maximum atomic E-state index is 4.97. The van der Waals surface area contributed by atoms with E-state index >= 15 is 0 Å². The van der Waals surface area contributed by atoms with E-state index in [1.807, 2.05) is 6.07 Å². The Morgan fingerprint density at radius 3 is 2.87 bits per heavy atom. The summed E-state index contributed by atoms with van der Waals surface area (Å²) < 4.78 is 4.97. The number of hydrogen-bond acceptors (Lipinski definition) is 3. The van der Waals surface area contributed by atoms with E-state index in [2.05, 4.69) is 21.9 Å². The van der Waals surface area contributed by atoms with Crippen LogP contribution in [0.4, 0.5) is 0 Å². The Hall–Kier alpha value is -1.27. The molecule has 78 valence electrons. The van der Waals surface area contributed by atoms with Crippen LogP contribution in [0.3, 0.4) is 0 Å². The largest absolute Gasteiger partial charge is 0.348 e. The number of hydrogen-bond donors (Lipinski definition) is 0. The van der Waals surface area contributed by atoms with E-state index in [0.717, 1.165) is 12.5 Å². The van der Waals surface area contributed by atoms with Crippen LogP contribution in [-0.2, 0) is 0 Å². The van der Waals surface area contributed by atoms with Gasteiger partial charge in [0.25, 0.3) is 0 Å². The second-order valence-electron chi connectivity index (χ2n) is 4.39. The number of rotatable bonds is 0. The SMILES string of the molecule is C(#CC1CN2CCC1CC2)c1ccno1. The minimum Gasteiger partial charge on any atom is -0.348 e. The van der Waals surface area contributed by atoms with Gasteiger partial charge in [0, 0.05) is 18.5 Å². The molecule has 1 atom stereocenters. The van der Waals surface area contributed by atoms with E-state index in [4.69, 9.17) is 4.52 Å². The smallest absolute Gasteiger partial charge is 0.209 e. The van der Waals surface area contributed by atoms with Crippen LogP contribution in [0.1, 0.15) is 18.6 Å². The van der Waals surface area contributed by atoms with Gasteiger partial charge in [-0.05, 0) is 37.8 Å². The topological polar surface area (TPSA) is 29.3 Å². The normalized spacial score (nSPS) is 33.5. The molecule has 3 saturated heterocycles. The van der Waals surface area contributed by atoms with Crippen LogP contribution < -0.4 is 0 Å². The molecule has 1 aromatic rings. The summed E-state index contributed by atoms with van der Waals surface area (Å²) in [6.45, 7) is 3.68. The van der Waals surface area contributed by atoms with E-state index < -0.39 is 0 Å². The van der Waals surface area contributed by atoms with E-state index in [9.17, 15) is 0 Å². The third kappa shape index (κ3) is 1.78. The Morgan fingerprint density at radius 2 is 2.27 bits per heavy atom. The van der Waals surface area contributed by atoms with Crippen molar-refractivity contribution >= 4 is 0 Å². The molecule has 0 saturated carbocycles. The maximum absolute atomic E-state index is 4.97. The lowest BCUT2D eigenvalue weighted by atomic mass is 9.79. The molecule has 1 aromatic heterocycles. The van der Waals surface area contributed by atoms with Crippen molar-refractivity contribution in [2.24, 2.45) is 11.8 Å². The van der Waals surface area contributed by atoms with E-state index in [0.29, 0.717) is 11.7 Å². The second kappa shape index (κ2) is 3.71. The number of nitrogens with zero attached hydrogens (tertiary/aromatic N) is 2. The van der Waals surface area contributed by atoms with Crippen LogP contribution in [0, 0.1) is 23.7 Å². The van der Waals surface area contributed by atoms with Crippen LogP contribution in [-0.4, -0.2) is 29.7 Å². The lowest BCUT2D eigenvalue weighted by Crippen LogP contribution is -2.46. The molecule has 0 amide bonds. The molecule has 15 heavy (non-hydrogen) atoms. The molecule has 0 aliphatic carbocycles. The number of fused-ring (bicyclic) bond motifs is 3. The molecule has 3 aliphatic rings. The lowest BCUT2D eigenvalue weighted by molar-refractivity contribution is 0.0778. The van der Waals surface area contributed by atoms with Gasteiger partial charge in [-0.3, -0.25) is 0 Å². The molecule has 2 bridgehead atoms. The molecule has 0 aromatic carbocycles. The quantitative estimate of drug-likeness (QED) is 0.595. The predicted molar refractivity (Wildman–Crippen MR) is 56.0 cm³/mol. The van der Waals surface area contributed by atoms with Crippen LogP contribution in [0.2, 0.25) is 0 Å². The Morgan fingerprint density at radius 1 is 1.40 bits per heavy atom. The summed E-state index contributed by atoms with van der Waals surface area (Å²) in [6.07, 6.45) is 4.27. The van der Waals surface area contributed by atoms with Crippen molar-refractivity contribution in [1.29, 1.82) is 0 Å². The highest BCUT2D eigenvalue weighted by Gasteiger charge is 2.32. The van der Waals surface area contributed by atoms with Crippen molar-refractivity contribution in [3.05, 3.63) is 18.0 Å². The molecule has 4 heterocycles. The van der Waals surface area contributed by atoms with Crippen molar-refractivity contribution < 1.29 is 4.52 Å². The molecular formula is C12H14N2O. The molecule has 3 heteroatoms. The molecule has 1 unspecified atom stereocenters. The van der Waals surface area contributed by atoms with Crippen LogP contribution in [0.5, 0.6) is 0 Å². The fourth-order valence-electron chi connectivity index (χ4n) is 2.57. The van der Waals surface area contributed by atoms with Crippen molar-refractivity contribution in [2.45, 2.75) is 12.8 Å². The van der Waals surface area contributed by atoms with Gasteiger partial charge in [-0.1, -0.05) is 11.1 Å². The Labute approximate surface area is 89.4 Å². The van der Waals surface area contributed by atoms with Gasteiger partial charge in [-0.25, -0.2) is 0 Å². The van der Waals surface area contributed by atoms with Gasteiger partial charge >= 0.3 is 0 Å². The summed E-state index contributed by atoms with van der Waals surface area (Å²) in [4.78, 5) is 2.51. The highest BCUT2D eigenvalue weighted by atomic mass is 16.5. The van der Waals surface area contributed by atoms with Crippen molar-refractivity contribution in [3.8, 4) is 11.8 Å². The third-order valence-electron chi connectivity index (χ3n) is 3.47. The van der Waals surface area contributed by atoms with Gasteiger partial charge in [0.05, 0.1) is 6.20 Å². The molecule has 0 spiro atoms. The Bertz CT molecular complexity index is 379. The van der Waals surface area contributed by atoms with Gasteiger partial charge in [-0.2, -0.15) is 0 Å². The monoisotopic (exact) mass is 202 g/mol. The summed E-state index contributed by atoms with van der Waals surface area (Å²) in [5.41, 5.74) is 0. The van der Waals surface area contributed by atoms with Gasteiger partial charge < -0.3 is 9.42 Å². The molecule has 3 nitrogen and oxygen atoms in total. The predicted octanol–water partition coefficient (Wildman–Crippen LogP) is 1.37. The fourth-order valence-corrected chi connectivity index (χ4v) is 2.57. The molecule has 0 N–H and O–H groups in total. The third-order valence-corrected chi connectivity index (χ3v) is 3.47. The molecule has 3 fully saturated rings. The minimum absolute atomic E-state index is 0.539. The highest BCUT2D eigenvalue weighted by molar-refractivity contribution is 5.25. The van der Waals surface area contributed by atoms with Crippen molar-refractivity contribution in [1.82, 2.24) is 10.1 Å². The van der Waals surface area contributed by atoms with E-state index in [1.54, 1.807) is 6.20 Å². The maximum Gasteiger partial charge on any atom is 0.209 e. The zero-order valence-corrected chi connectivity index (χ0v) is 8.65. The zero-order chi connectivity index (χ0) is 10.1. The van der Waals surface area contributed by atoms with Crippen LogP contribution in [0.25, 0.3) is 0 Å². The first kappa shape index (κ1) is 8.99. The summed E-state index contributed by atoms with van der Waals surface area (Å²) in [7, 11) is 0. The van der Waals surface area contributed by atoms with Crippen LogP contribution in [0.15, 0.2) is 16.8 Å². The van der Waals surface area contributed by atoms with Gasteiger partial charge in [0.2, 0.25) is 5.76 Å². The highest BCUT2D eigenvalue weighted by Crippen LogP contribution is 2.31. The molecule has 0 radical (unpaired) electrons. The van der Waals surface area contributed by atoms with E-state index in [-0.39, 0.29) is 0 Å². The Balaban J connectivity index is 1.73. The zero-order valence-electron chi connectivity index (χ0n) is 8.65. The molecule has 3 aliphatic heterocycles. The minimum atomic E-state index is 0.539. The average molecular weight is 202 g/mol. The van der Waals surface area contributed by atoms with Gasteiger partial charge in [0.1, 0.15) is 0 Å². The first-order chi connectivity index (χ1) is 7.42. The Kier molecular flexibility index (Phi) is 2.22. The van der Waals surface area contributed by atoms with Crippen molar-refractivity contribution in [3.63, 3.8) is 0 Å². The van der Waals surface area contributed by atoms with Crippen molar-refractivity contribution in [2.75, 3.05) is 19.6 Å². The number of aromatic nitrogens is 1. The number of piperidine rings is 3. The first-order valence-corrected chi connectivity index (χ1v) is 5.56. The second-order valence-corrected chi connectivity index (χ2v) is 4.39. The summed E-state index contributed by atoms with van der Waals surface area (Å²) in [5, 5.41) is 3.65. The summed E-state index contributed by atoms with van der Waals surface area (Å²) in [6, 6.07) is 1.81. The summed E-state index contributed by atoms with van der Waals surface area (Å²) in [5.74, 6) is 8.44. The van der Waals surface area contributed by atoms with Crippen LogP contribution >= 0.6 is 0 Å². The fraction of sp³-hybridized carbons (Fsp3) is 0.583. The lowest BCUT2D eigenvalue weighted by Gasteiger charge is -2.42. The van der Waals surface area contributed by atoms with Gasteiger partial charge in [-0.15, -0.1) is 0 Å². The standard InChI is InChI=1S/C12H14N2O/c1(2-12-3-6-13-15-12)11-9-14-7-4-10(11)5-8-14/h3,6,10-11H,4-5,7-9H2. The molecule has 4 rings (SSSR count). The van der Waals surface area contributed by atoms with E-state index in [1.165, 1.54) is 25.9 Å². The first-order valence-electron chi connectivity index (χ1n) is 5.56. The molecular weight excluding hydrogens is 188 g/mol. The van der Waals surface area contributed by atoms with Gasteiger partial charge in [0.15, 0.2) is 0 Å². The summed E-state index contributed by atoms with van der Waals surface area (Å²) >= 11 is 0. The average Bonchev–Trinajstić information content (AvgIpc) is 2.81.